The zero-order valence-corrected chi connectivity index (χ0v) is 20.4. The van der Waals surface area contributed by atoms with E-state index in [0.717, 1.165) is 5.56 Å². The Hall–Kier alpha value is -3.60. The van der Waals surface area contributed by atoms with Gasteiger partial charge in [-0.3, -0.25) is 10.1 Å². The van der Waals surface area contributed by atoms with Crippen molar-refractivity contribution in [1.82, 2.24) is 10.2 Å². The summed E-state index contributed by atoms with van der Waals surface area (Å²) < 4.78 is 53.3. The van der Waals surface area contributed by atoms with Crippen LogP contribution in [0.25, 0.3) is 6.08 Å². The summed E-state index contributed by atoms with van der Waals surface area (Å²) in [6.45, 7) is 3.29. The molecule has 0 radical (unpaired) electrons. The molecule has 10 nitrogen and oxygen atoms in total. The van der Waals surface area contributed by atoms with Crippen molar-refractivity contribution in [2.24, 2.45) is 0 Å². The normalized spacial score (nSPS) is 12.1. The van der Waals surface area contributed by atoms with Gasteiger partial charge in [-0.2, -0.15) is 13.7 Å². The van der Waals surface area contributed by atoms with Gasteiger partial charge >= 0.3 is 10.1 Å². The Morgan fingerprint density at radius 1 is 1.09 bits per heavy atom. The molecule has 0 saturated carbocycles. The molecule has 0 saturated heterocycles. The molecule has 1 amide bonds. The predicted octanol–water partition coefficient (Wildman–Crippen LogP) is 2.95. The molecule has 1 N–H and O–H groups in total. The Morgan fingerprint density at radius 2 is 1.74 bits per heavy atom. The number of carbonyl (C=O) groups excluding carboxylic acids is 1. The van der Waals surface area contributed by atoms with Crippen LogP contribution in [0.4, 0.5) is 5.13 Å². The van der Waals surface area contributed by atoms with Crippen molar-refractivity contribution < 1.29 is 25.8 Å². The van der Waals surface area contributed by atoms with Crippen molar-refractivity contribution >= 4 is 48.4 Å². The molecule has 0 aliphatic heterocycles. The Bertz CT molecular complexity index is 1490. The lowest BCUT2D eigenvalue weighted by molar-refractivity contribution is -0.112. The SMILES string of the molecule is CCS(=O)(=O)c1nnc(NC(=O)/C(C#N)=C\c2ccc(OS(=O)(=O)c3ccc(C)cc3)cc2)s1. The van der Waals surface area contributed by atoms with Crippen LogP contribution in [-0.2, 0) is 24.7 Å². The molecule has 3 aromatic rings. The number of aromatic nitrogens is 2. The largest absolute Gasteiger partial charge is 0.379 e. The first-order chi connectivity index (χ1) is 16.0. The molecule has 0 aliphatic carbocycles. The van der Waals surface area contributed by atoms with Gasteiger partial charge in [0.05, 0.1) is 5.75 Å². The first-order valence-corrected chi connectivity index (χ1v) is 13.5. The molecule has 34 heavy (non-hydrogen) atoms. The lowest BCUT2D eigenvalue weighted by Gasteiger charge is -2.07. The van der Waals surface area contributed by atoms with Crippen molar-refractivity contribution in [3.05, 3.63) is 65.2 Å². The smallest absolute Gasteiger partial charge is 0.339 e. The fraction of sp³-hybridized carbons (Fsp3) is 0.143. The van der Waals surface area contributed by atoms with E-state index in [-0.39, 0.29) is 31.4 Å². The van der Waals surface area contributed by atoms with Gasteiger partial charge in [0, 0.05) is 0 Å². The summed E-state index contributed by atoms with van der Waals surface area (Å²) in [5, 5.41) is 18.8. The van der Waals surface area contributed by atoms with Gasteiger partial charge in [-0.15, -0.1) is 10.2 Å². The molecule has 0 aliphatic rings. The highest BCUT2D eigenvalue weighted by molar-refractivity contribution is 7.93. The number of carbonyl (C=O) groups is 1. The first kappa shape index (κ1) is 25.0. The summed E-state index contributed by atoms with van der Waals surface area (Å²) >= 11 is 0.681. The third-order valence-corrected chi connectivity index (χ3v) is 8.63. The van der Waals surface area contributed by atoms with Crippen LogP contribution in [0.3, 0.4) is 0 Å². The average molecular weight is 519 g/mol. The van der Waals surface area contributed by atoms with Gasteiger partial charge in [0.1, 0.15) is 22.3 Å². The summed E-state index contributed by atoms with van der Waals surface area (Å²) in [5.74, 6) is -0.911. The number of sulfone groups is 1. The number of nitrogens with zero attached hydrogens (tertiary/aromatic N) is 3. The zero-order valence-electron chi connectivity index (χ0n) is 17.9. The standard InChI is InChI=1S/C21H18N4O6S3/c1-3-33(27,28)21-25-24-20(32-21)23-19(26)16(13-22)12-15-6-8-17(9-7-15)31-34(29,30)18-10-4-14(2)5-11-18/h4-12H,3H2,1-2H3,(H,23,24,26)/b16-12-. The number of nitrogens with one attached hydrogen (secondary N) is 1. The van der Waals surface area contributed by atoms with Crippen molar-refractivity contribution in [3.63, 3.8) is 0 Å². The van der Waals surface area contributed by atoms with E-state index in [4.69, 9.17) is 4.18 Å². The highest BCUT2D eigenvalue weighted by atomic mass is 32.2. The second kappa shape index (κ2) is 10.1. The molecule has 1 heterocycles. The quantitative estimate of drug-likeness (QED) is 0.205. The summed E-state index contributed by atoms with van der Waals surface area (Å²) in [4.78, 5) is 12.4. The summed E-state index contributed by atoms with van der Waals surface area (Å²) in [6.07, 6.45) is 1.28. The molecular formula is C21H18N4O6S3. The van der Waals surface area contributed by atoms with Gasteiger partial charge in [0.15, 0.2) is 0 Å². The topological polar surface area (TPSA) is 156 Å². The monoisotopic (exact) mass is 518 g/mol. The van der Waals surface area contributed by atoms with E-state index in [1.807, 2.05) is 6.92 Å². The molecular weight excluding hydrogens is 500 g/mol. The van der Waals surface area contributed by atoms with Crippen LogP contribution in [0.2, 0.25) is 0 Å². The summed E-state index contributed by atoms with van der Waals surface area (Å²) in [6, 6.07) is 13.7. The second-order valence-corrected chi connectivity index (χ2v) is 11.8. The minimum Gasteiger partial charge on any atom is -0.379 e. The van der Waals surface area contributed by atoms with Crippen LogP contribution in [-0.4, -0.2) is 38.7 Å². The average Bonchev–Trinajstić information content (AvgIpc) is 3.28. The fourth-order valence-electron chi connectivity index (χ4n) is 2.49. The summed E-state index contributed by atoms with van der Waals surface area (Å²) in [7, 11) is -7.58. The van der Waals surface area contributed by atoms with Gasteiger partial charge in [0.2, 0.25) is 19.3 Å². The Kier molecular flexibility index (Phi) is 7.45. The molecule has 176 valence electrons. The van der Waals surface area contributed by atoms with Crippen LogP contribution in [0.15, 0.2) is 63.3 Å². The van der Waals surface area contributed by atoms with Crippen molar-refractivity contribution in [3.8, 4) is 11.8 Å². The fourth-order valence-corrected chi connectivity index (χ4v) is 5.40. The van der Waals surface area contributed by atoms with E-state index >= 15 is 0 Å². The maximum Gasteiger partial charge on any atom is 0.339 e. The van der Waals surface area contributed by atoms with Crippen LogP contribution in [0, 0.1) is 18.3 Å². The Balaban J connectivity index is 1.72. The molecule has 1 aromatic heterocycles. The van der Waals surface area contributed by atoms with Crippen LogP contribution < -0.4 is 9.50 Å². The van der Waals surface area contributed by atoms with Gasteiger partial charge in [0.25, 0.3) is 5.91 Å². The highest BCUT2D eigenvalue weighted by Gasteiger charge is 2.20. The van der Waals surface area contributed by atoms with E-state index in [1.165, 1.54) is 49.4 Å². The number of anilines is 1. The third kappa shape index (κ3) is 6.04. The Morgan fingerprint density at radius 3 is 2.32 bits per heavy atom. The van der Waals surface area contributed by atoms with Crippen molar-refractivity contribution in [2.75, 3.05) is 11.1 Å². The van der Waals surface area contributed by atoms with E-state index in [0.29, 0.717) is 16.9 Å². The number of rotatable bonds is 8. The number of nitriles is 1. The second-order valence-electron chi connectivity index (χ2n) is 6.82. The van der Waals surface area contributed by atoms with E-state index in [2.05, 4.69) is 15.5 Å². The predicted molar refractivity (Wildman–Crippen MR) is 125 cm³/mol. The number of hydrogen-bond acceptors (Lipinski definition) is 10. The summed E-state index contributed by atoms with van der Waals surface area (Å²) in [5.41, 5.74) is 1.05. The van der Waals surface area contributed by atoms with Gasteiger partial charge in [-0.1, -0.05) is 48.1 Å². The highest BCUT2D eigenvalue weighted by Crippen LogP contribution is 2.23. The lowest BCUT2D eigenvalue weighted by Crippen LogP contribution is -2.13. The van der Waals surface area contributed by atoms with Crippen molar-refractivity contribution in [2.45, 2.75) is 23.1 Å². The van der Waals surface area contributed by atoms with Gasteiger partial charge in [-0.25, -0.2) is 8.42 Å². The minimum absolute atomic E-state index is 0.0112. The lowest BCUT2D eigenvalue weighted by atomic mass is 10.1. The van der Waals surface area contributed by atoms with Crippen LogP contribution in [0.1, 0.15) is 18.1 Å². The number of aryl methyl sites for hydroxylation is 1. The molecule has 3 rings (SSSR count). The van der Waals surface area contributed by atoms with Crippen LogP contribution >= 0.6 is 11.3 Å². The van der Waals surface area contributed by atoms with Crippen LogP contribution in [0.5, 0.6) is 5.75 Å². The molecule has 0 spiro atoms. The Labute approximate surface area is 200 Å². The zero-order chi connectivity index (χ0) is 24.9. The van der Waals surface area contributed by atoms with E-state index in [1.54, 1.807) is 18.2 Å². The third-order valence-electron chi connectivity index (χ3n) is 4.34. The maximum absolute atomic E-state index is 12.4. The maximum atomic E-state index is 12.4. The molecule has 0 fully saturated rings. The van der Waals surface area contributed by atoms with E-state index in [9.17, 15) is 26.9 Å². The molecule has 0 bridgehead atoms. The number of hydrogen-bond donors (Lipinski definition) is 1. The molecule has 2 aromatic carbocycles. The first-order valence-electron chi connectivity index (χ1n) is 9.64. The molecule has 13 heteroatoms. The van der Waals surface area contributed by atoms with Gasteiger partial charge < -0.3 is 4.18 Å². The van der Waals surface area contributed by atoms with E-state index < -0.39 is 25.9 Å². The number of benzene rings is 2. The number of amides is 1. The van der Waals surface area contributed by atoms with Crippen molar-refractivity contribution in [1.29, 1.82) is 5.26 Å². The molecule has 0 atom stereocenters. The minimum atomic E-state index is -4.02. The molecule has 0 unspecified atom stereocenters. The van der Waals surface area contributed by atoms with Gasteiger partial charge in [-0.05, 0) is 42.8 Å².